The Kier molecular flexibility index (Phi) is 8.61. The molecule has 5 nitrogen and oxygen atoms in total. The fourth-order valence-corrected chi connectivity index (χ4v) is 2.12. The highest BCUT2D eigenvalue weighted by Crippen LogP contribution is 2.27. The quantitative estimate of drug-likeness (QED) is 0.781. The second kappa shape index (κ2) is 10.4. The zero-order valence-electron chi connectivity index (χ0n) is 15.2. The minimum absolute atomic E-state index is 0.310. The fourth-order valence-electron chi connectivity index (χ4n) is 2.12. The first kappa shape index (κ1) is 22.3. The van der Waals surface area contributed by atoms with Crippen molar-refractivity contribution in [3.63, 3.8) is 0 Å². The molecule has 0 amide bonds. The first-order chi connectivity index (χ1) is 12.7. The fraction of sp³-hybridized carbons (Fsp3) is 0.316. The molecule has 2 aromatic rings. The van der Waals surface area contributed by atoms with Gasteiger partial charge in [-0.25, -0.2) is 4.79 Å². The summed E-state index contributed by atoms with van der Waals surface area (Å²) >= 11 is 0. The van der Waals surface area contributed by atoms with Crippen LogP contribution in [-0.2, 0) is 11.3 Å². The van der Waals surface area contributed by atoms with E-state index in [4.69, 9.17) is 19.4 Å². The molecule has 27 heavy (non-hydrogen) atoms. The normalized spacial score (nSPS) is 11.8. The maximum Gasteiger partial charge on any atom is 0.490 e. The van der Waals surface area contributed by atoms with Crippen LogP contribution in [0.4, 0.5) is 13.2 Å². The summed E-state index contributed by atoms with van der Waals surface area (Å²) in [5.74, 6) is -1.24. The van der Waals surface area contributed by atoms with Crippen molar-refractivity contribution in [1.82, 2.24) is 5.32 Å². The maximum absolute atomic E-state index is 10.6. The number of ether oxygens (including phenoxy) is 2. The standard InChI is InChI=1S/C17H21NO2.C2HF3O2/c1-13(15-7-5-4-6-8-15)18-12-14-9-10-16(19-2)17(11-14)20-3;3-2(4,5)1(6)7/h4-11,13,18H,12H2,1-3H3;(H,6,7). The number of hydrogen-bond acceptors (Lipinski definition) is 4. The van der Waals surface area contributed by atoms with Crippen LogP contribution in [0.2, 0.25) is 0 Å². The van der Waals surface area contributed by atoms with Crippen molar-refractivity contribution < 1.29 is 32.5 Å². The maximum atomic E-state index is 10.6. The molecule has 0 aromatic heterocycles. The molecule has 2 rings (SSSR count). The van der Waals surface area contributed by atoms with Crippen LogP contribution in [0.25, 0.3) is 0 Å². The third kappa shape index (κ3) is 7.57. The van der Waals surface area contributed by atoms with Crippen molar-refractivity contribution in [3.05, 3.63) is 59.7 Å². The monoisotopic (exact) mass is 385 g/mol. The van der Waals surface area contributed by atoms with Gasteiger partial charge in [-0.15, -0.1) is 0 Å². The molecule has 2 N–H and O–H groups in total. The number of aliphatic carboxylic acids is 1. The van der Waals surface area contributed by atoms with Gasteiger partial charge in [-0.05, 0) is 30.2 Å². The lowest BCUT2D eigenvalue weighted by atomic mass is 10.1. The van der Waals surface area contributed by atoms with E-state index in [1.165, 1.54) is 11.1 Å². The number of halogens is 3. The topological polar surface area (TPSA) is 67.8 Å². The molecule has 0 fully saturated rings. The van der Waals surface area contributed by atoms with Gasteiger partial charge in [0.25, 0.3) is 0 Å². The minimum Gasteiger partial charge on any atom is -0.493 e. The number of carboxylic acid groups (broad SMARTS) is 1. The third-order valence-electron chi connectivity index (χ3n) is 3.60. The smallest absolute Gasteiger partial charge is 0.490 e. The molecular weight excluding hydrogens is 363 g/mol. The number of rotatable bonds is 6. The molecule has 0 saturated heterocycles. The van der Waals surface area contributed by atoms with E-state index in [2.05, 4.69) is 36.5 Å². The summed E-state index contributed by atoms with van der Waals surface area (Å²) in [4.78, 5) is 8.90. The number of benzene rings is 2. The Morgan fingerprint density at radius 2 is 1.63 bits per heavy atom. The molecule has 1 atom stereocenters. The van der Waals surface area contributed by atoms with E-state index in [1.54, 1.807) is 14.2 Å². The van der Waals surface area contributed by atoms with Crippen molar-refractivity contribution >= 4 is 5.97 Å². The van der Waals surface area contributed by atoms with Crippen LogP contribution in [0.15, 0.2) is 48.5 Å². The molecule has 0 aliphatic heterocycles. The third-order valence-corrected chi connectivity index (χ3v) is 3.60. The number of carboxylic acids is 1. The van der Waals surface area contributed by atoms with Crippen molar-refractivity contribution in [1.29, 1.82) is 0 Å². The van der Waals surface area contributed by atoms with E-state index in [9.17, 15) is 13.2 Å². The van der Waals surface area contributed by atoms with E-state index in [1.807, 2.05) is 24.3 Å². The van der Waals surface area contributed by atoms with Gasteiger partial charge < -0.3 is 19.9 Å². The predicted octanol–water partition coefficient (Wildman–Crippen LogP) is 4.19. The van der Waals surface area contributed by atoms with Crippen LogP contribution in [0.3, 0.4) is 0 Å². The van der Waals surface area contributed by atoms with Gasteiger partial charge >= 0.3 is 12.1 Å². The van der Waals surface area contributed by atoms with E-state index >= 15 is 0 Å². The summed E-state index contributed by atoms with van der Waals surface area (Å²) < 4.78 is 42.3. The van der Waals surface area contributed by atoms with Gasteiger partial charge in [0.2, 0.25) is 0 Å². The van der Waals surface area contributed by atoms with Gasteiger partial charge in [0, 0.05) is 12.6 Å². The van der Waals surface area contributed by atoms with Crippen molar-refractivity contribution in [2.45, 2.75) is 25.7 Å². The Bertz CT molecular complexity index is 721. The lowest BCUT2D eigenvalue weighted by Crippen LogP contribution is -2.21. The van der Waals surface area contributed by atoms with E-state index < -0.39 is 12.1 Å². The Hall–Kier alpha value is -2.74. The Labute approximate surface area is 155 Å². The van der Waals surface area contributed by atoms with Crippen molar-refractivity contribution in [3.8, 4) is 11.5 Å². The van der Waals surface area contributed by atoms with Crippen LogP contribution in [-0.4, -0.2) is 31.5 Å². The van der Waals surface area contributed by atoms with Gasteiger partial charge in [-0.2, -0.15) is 13.2 Å². The second-order valence-corrected chi connectivity index (χ2v) is 5.51. The predicted molar refractivity (Wildman–Crippen MR) is 94.9 cm³/mol. The van der Waals surface area contributed by atoms with E-state index in [-0.39, 0.29) is 0 Å². The number of alkyl halides is 3. The van der Waals surface area contributed by atoms with Gasteiger partial charge in [-0.3, -0.25) is 0 Å². The SMILES string of the molecule is COc1ccc(CNC(C)c2ccccc2)cc1OC.O=C(O)C(F)(F)F. The highest BCUT2D eigenvalue weighted by Gasteiger charge is 2.38. The van der Waals surface area contributed by atoms with Crippen LogP contribution < -0.4 is 14.8 Å². The zero-order valence-corrected chi connectivity index (χ0v) is 15.2. The summed E-state index contributed by atoms with van der Waals surface area (Å²) in [5.41, 5.74) is 2.46. The molecule has 8 heteroatoms. The Balaban J connectivity index is 0.000000445. The van der Waals surface area contributed by atoms with E-state index in [0.29, 0.717) is 6.04 Å². The summed E-state index contributed by atoms with van der Waals surface area (Å²) in [6.07, 6.45) is -5.08. The average Bonchev–Trinajstić information content (AvgIpc) is 2.66. The zero-order chi connectivity index (χ0) is 20.4. The molecule has 0 radical (unpaired) electrons. The highest BCUT2D eigenvalue weighted by molar-refractivity contribution is 5.73. The summed E-state index contributed by atoms with van der Waals surface area (Å²) in [5, 5.41) is 10.6. The van der Waals surface area contributed by atoms with Crippen molar-refractivity contribution in [2.24, 2.45) is 0 Å². The Morgan fingerprint density at radius 1 is 1.07 bits per heavy atom. The molecule has 0 aliphatic carbocycles. The molecule has 148 valence electrons. The summed E-state index contributed by atoms with van der Waals surface area (Å²) in [7, 11) is 3.30. The molecule has 0 spiro atoms. The molecule has 0 heterocycles. The highest BCUT2D eigenvalue weighted by atomic mass is 19.4. The van der Waals surface area contributed by atoms with Crippen LogP contribution in [0, 0.1) is 0 Å². The first-order valence-corrected chi connectivity index (χ1v) is 7.98. The van der Waals surface area contributed by atoms with Crippen LogP contribution >= 0.6 is 0 Å². The summed E-state index contributed by atoms with van der Waals surface area (Å²) in [6.45, 7) is 2.95. The molecule has 0 saturated carbocycles. The molecule has 0 bridgehead atoms. The van der Waals surface area contributed by atoms with Crippen LogP contribution in [0.5, 0.6) is 11.5 Å². The number of nitrogens with one attached hydrogen (secondary N) is 1. The van der Waals surface area contributed by atoms with Crippen LogP contribution in [0.1, 0.15) is 24.1 Å². The minimum atomic E-state index is -5.08. The largest absolute Gasteiger partial charge is 0.493 e. The molecule has 1 unspecified atom stereocenters. The van der Waals surface area contributed by atoms with Gasteiger partial charge in [0.15, 0.2) is 11.5 Å². The number of carbonyl (C=O) groups is 1. The number of hydrogen-bond donors (Lipinski definition) is 2. The second-order valence-electron chi connectivity index (χ2n) is 5.51. The van der Waals surface area contributed by atoms with Gasteiger partial charge in [0.05, 0.1) is 14.2 Å². The number of methoxy groups -OCH3 is 2. The molecular formula is C19H22F3NO4. The van der Waals surface area contributed by atoms with E-state index in [0.717, 1.165) is 18.0 Å². The van der Waals surface area contributed by atoms with Gasteiger partial charge in [-0.1, -0.05) is 36.4 Å². The Morgan fingerprint density at radius 3 is 2.11 bits per heavy atom. The molecule has 2 aromatic carbocycles. The molecule has 0 aliphatic rings. The first-order valence-electron chi connectivity index (χ1n) is 7.98. The van der Waals surface area contributed by atoms with Crippen molar-refractivity contribution in [2.75, 3.05) is 14.2 Å². The summed E-state index contributed by atoms with van der Waals surface area (Å²) in [6, 6.07) is 16.7. The van der Waals surface area contributed by atoms with Gasteiger partial charge in [0.1, 0.15) is 0 Å². The lowest BCUT2D eigenvalue weighted by molar-refractivity contribution is -0.192. The average molecular weight is 385 g/mol. The lowest BCUT2D eigenvalue weighted by Gasteiger charge is -2.15.